The van der Waals surface area contributed by atoms with Crippen LogP contribution in [-0.4, -0.2) is 24.2 Å². The number of hydrogen-bond acceptors (Lipinski definition) is 2. The van der Waals surface area contributed by atoms with E-state index in [0.29, 0.717) is 6.54 Å². The maximum Gasteiger partial charge on any atom is 0.305 e. The fourth-order valence-corrected chi connectivity index (χ4v) is 2.05. The average Bonchev–Trinajstić information content (AvgIpc) is 2.34. The molecular formula is C15H23NO2. The second kappa shape index (κ2) is 7.75. The number of hydrogen-bond donors (Lipinski definition) is 1. The molecular weight excluding hydrogens is 226 g/mol. The second-order valence-electron chi connectivity index (χ2n) is 4.62. The summed E-state index contributed by atoms with van der Waals surface area (Å²) in [4.78, 5) is 12.9. The van der Waals surface area contributed by atoms with Crippen LogP contribution in [0.25, 0.3) is 0 Å². The summed E-state index contributed by atoms with van der Waals surface area (Å²) in [6.45, 7) is 5.77. The maximum atomic E-state index is 10.7. The molecule has 0 unspecified atom stereocenters. The molecule has 0 fully saturated rings. The van der Waals surface area contributed by atoms with Gasteiger partial charge in [0.1, 0.15) is 0 Å². The molecule has 100 valence electrons. The zero-order valence-corrected chi connectivity index (χ0v) is 11.4. The molecule has 0 aliphatic carbocycles. The second-order valence-corrected chi connectivity index (χ2v) is 4.62. The van der Waals surface area contributed by atoms with Gasteiger partial charge < -0.3 is 10.0 Å². The normalized spacial score (nSPS) is 10.3. The Labute approximate surface area is 109 Å². The highest BCUT2D eigenvalue weighted by Crippen LogP contribution is 2.20. The van der Waals surface area contributed by atoms with E-state index < -0.39 is 5.97 Å². The minimum absolute atomic E-state index is 0.195. The van der Waals surface area contributed by atoms with Gasteiger partial charge in [0, 0.05) is 18.8 Å². The van der Waals surface area contributed by atoms with E-state index in [0.717, 1.165) is 18.7 Å². The van der Waals surface area contributed by atoms with Crippen LogP contribution < -0.4 is 4.90 Å². The number of unbranched alkanes of at least 4 members (excludes halogenated alkanes) is 2. The van der Waals surface area contributed by atoms with Crippen LogP contribution in [0.15, 0.2) is 24.3 Å². The summed E-state index contributed by atoms with van der Waals surface area (Å²) in [5.74, 6) is -0.732. The van der Waals surface area contributed by atoms with Crippen molar-refractivity contribution in [3.05, 3.63) is 29.8 Å². The molecule has 0 aliphatic heterocycles. The number of aryl methyl sites for hydroxylation is 1. The van der Waals surface area contributed by atoms with E-state index >= 15 is 0 Å². The first kappa shape index (κ1) is 14.6. The fraction of sp³-hybridized carbons (Fsp3) is 0.533. The molecule has 0 heterocycles. The van der Waals surface area contributed by atoms with Gasteiger partial charge in [-0.3, -0.25) is 4.79 Å². The van der Waals surface area contributed by atoms with Crippen molar-refractivity contribution in [2.75, 3.05) is 18.0 Å². The van der Waals surface area contributed by atoms with E-state index in [1.54, 1.807) is 0 Å². The zero-order chi connectivity index (χ0) is 13.4. The van der Waals surface area contributed by atoms with Gasteiger partial charge in [0.25, 0.3) is 0 Å². The Kier molecular flexibility index (Phi) is 6.26. The molecule has 0 aromatic heterocycles. The molecule has 0 saturated carbocycles. The largest absolute Gasteiger partial charge is 0.481 e. The summed E-state index contributed by atoms with van der Waals surface area (Å²) in [5.41, 5.74) is 2.37. The lowest BCUT2D eigenvalue weighted by molar-refractivity contribution is -0.136. The van der Waals surface area contributed by atoms with Crippen molar-refractivity contribution in [1.29, 1.82) is 0 Å². The third kappa shape index (κ3) is 4.78. The topological polar surface area (TPSA) is 40.5 Å². The van der Waals surface area contributed by atoms with E-state index in [1.807, 2.05) is 12.1 Å². The highest BCUT2D eigenvalue weighted by atomic mass is 16.4. The summed E-state index contributed by atoms with van der Waals surface area (Å²) in [7, 11) is 0. The van der Waals surface area contributed by atoms with Crippen LogP contribution in [0, 0.1) is 6.92 Å². The van der Waals surface area contributed by atoms with Gasteiger partial charge in [-0.1, -0.05) is 38.0 Å². The van der Waals surface area contributed by atoms with Crippen molar-refractivity contribution in [2.24, 2.45) is 0 Å². The zero-order valence-electron chi connectivity index (χ0n) is 11.4. The molecule has 3 nitrogen and oxygen atoms in total. The summed E-state index contributed by atoms with van der Waals surface area (Å²) >= 11 is 0. The number of nitrogens with zero attached hydrogens (tertiary/aromatic N) is 1. The molecule has 0 radical (unpaired) electrons. The Morgan fingerprint density at radius 2 is 1.94 bits per heavy atom. The van der Waals surface area contributed by atoms with Crippen molar-refractivity contribution in [2.45, 2.75) is 39.5 Å². The van der Waals surface area contributed by atoms with Gasteiger partial charge in [-0.25, -0.2) is 0 Å². The van der Waals surface area contributed by atoms with Gasteiger partial charge in [0.05, 0.1) is 6.42 Å². The first-order valence-electron chi connectivity index (χ1n) is 6.67. The summed E-state index contributed by atoms with van der Waals surface area (Å²) in [6.07, 6.45) is 3.68. The van der Waals surface area contributed by atoms with E-state index in [9.17, 15) is 4.79 Å². The van der Waals surface area contributed by atoms with Gasteiger partial charge in [-0.15, -0.1) is 0 Å². The third-order valence-electron chi connectivity index (χ3n) is 3.08. The number of para-hydroxylation sites is 1. The third-order valence-corrected chi connectivity index (χ3v) is 3.08. The molecule has 1 aromatic rings. The van der Waals surface area contributed by atoms with Crippen LogP contribution in [0.1, 0.15) is 38.2 Å². The SMILES string of the molecule is CCCCCN(CCC(=O)O)c1ccccc1C. The fourth-order valence-electron chi connectivity index (χ4n) is 2.05. The number of carbonyl (C=O) groups is 1. The molecule has 1 N–H and O–H groups in total. The average molecular weight is 249 g/mol. The van der Waals surface area contributed by atoms with Crippen LogP contribution in [-0.2, 0) is 4.79 Å². The number of aliphatic carboxylic acids is 1. The smallest absolute Gasteiger partial charge is 0.305 e. The van der Waals surface area contributed by atoms with Gasteiger partial charge >= 0.3 is 5.97 Å². The predicted octanol–water partition coefficient (Wildman–Crippen LogP) is 3.47. The van der Waals surface area contributed by atoms with Gasteiger partial charge in [0.15, 0.2) is 0 Å². The molecule has 0 atom stereocenters. The lowest BCUT2D eigenvalue weighted by Gasteiger charge is -2.26. The number of anilines is 1. The van der Waals surface area contributed by atoms with E-state index in [1.165, 1.54) is 18.4 Å². The van der Waals surface area contributed by atoms with Gasteiger partial charge in [-0.2, -0.15) is 0 Å². The molecule has 1 rings (SSSR count). The Morgan fingerprint density at radius 3 is 2.56 bits per heavy atom. The lowest BCUT2D eigenvalue weighted by Crippen LogP contribution is -2.27. The Morgan fingerprint density at radius 1 is 1.22 bits per heavy atom. The molecule has 0 saturated heterocycles. The molecule has 0 aliphatic rings. The first-order valence-corrected chi connectivity index (χ1v) is 6.67. The standard InChI is InChI=1S/C15H23NO2/c1-3-4-7-11-16(12-10-15(17)18)14-9-6-5-8-13(14)2/h5-6,8-9H,3-4,7,10-12H2,1-2H3,(H,17,18). The maximum absolute atomic E-state index is 10.7. The summed E-state index contributed by atoms with van der Waals surface area (Å²) in [5, 5.41) is 8.82. The number of carboxylic acid groups (broad SMARTS) is 1. The number of carboxylic acids is 1. The highest BCUT2D eigenvalue weighted by Gasteiger charge is 2.10. The lowest BCUT2D eigenvalue weighted by atomic mass is 10.1. The quantitative estimate of drug-likeness (QED) is 0.717. The molecule has 18 heavy (non-hydrogen) atoms. The molecule has 3 heteroatoms. The monoisotopic (exact) mass is 249 g/mol. The molecule has 1 aromatic carbocycles. The van der Waals surface area contributed by atoms with Crippen molar-refractivity contribution in [3.8, 4) is 0 Å². The molecule has 0 amide bonds. The van der Waals surface area contributed by atoms with Crippen LogP contribution in [0.2, 0.25) is 0 Å². The van der Waals surface area contributed by atoms with Crippen LogP contribution in [0.3, 0.4) is 0 Å². The molecule has 0 bridgehead atoms. The summed E-state index contributed by atoms with van der Waals surface area (Å²) in [6, 6.07) is 8.17. The van der Waals surface area contributed by atoms with E-state index in [-0.39, 0.29) is 6.42 Å². The number of rotatable bonds is 8. The van der Waals surface area contributed by atoms with E-state index in [2.05, 4.69) is 30.9 Å². The van der Waals surface area contributed by atoms with Crippen molar-refractivity contribution < 1.29 is 9.90 Å². The van der Waals surface area contributed by atoms with Crippen molar-refractivity contribution in [1.82, 2.24) is 0 Å². The van der Waals surface area contributed by atoms with E-state index in [4.69, 9.17) is 5.11 Å². The van der Waals surface area contributed by atoms with Crippen molar-refractivity contribution >= 4 is 11.7 Å². The summed E-state index contributed by atoms with van der Waals surface area (Å²) < 4.78 is 0. The van der Waals surface area contributed by atoms with Gasteiger partial charge in [-0.05, 0) is 25.0 Å². The Bertz CT molecular complexity index is 377. The number of benzene rings is 1. The van der Waals surface area contributed by atoms with Crippen LogP contribution >= 0.6 is 0 Å². The minimum atomic E-state index is -0.732. The minimum Gasteiger partial charge on any atom is -0.481 e. The Hall–Kier alpha value is -1.51. The van der Waals surface area contributed by atoms with Gasteiger partial charge in [0.2, 0.25) is 0 Å². The van der Waals surface area contributed by atoms with Crippen molar-refractivity contribution in [3.63, 3.8) is 0 Å². The highest BCUT2D eigenvalue weighted by molar-refractivity contribution is 5.68. The first-order chi connectivity index (χ1) is 8.65. The molecule has 0 spiro atoms. The Balaban J connectivity index is 2.69. The van der Waals surface area contributed by atoms with Crippen LogP contribution in [0.4, 0.5) is 5.69 Å². The predicted molar refractivity (Wildman–Crippen MR) is 75.2 cm³/mol. The van der Waals surface area contributed by atoms with Crippen LogP contribution in [0.5, 0.6) is 0 Å².